The minimum absolute atomic E-state index is 0.0645. The van der Waals surface area contributed by atoms with E-state index in [1.165, 1.54) is 34.5 Å². The number of aromatic nitrogens is 2. The average molecular weight is 251 g/mol. The van der Waals surface area contributed by atoms with Crippen LogP contribution in [0.3, 0.4) is 0 Å². The van der Waals surface area contributed by atoms with Gasteiger partial charge >= 0.3 is 0 Å². The molecule has 0 radical (unpaired) electrons. The molecule has 0 atom stereocenters. The van der Waals surface area contributed by atoms with Gasteiger partial charge in [-0.2, -0.15) is 0 Å². The van der Waals surface area contributed by atoms with Crippen molar-refractivity contribution < 1.29 is 4.92 Å². The van der Waals surface area contributed by atoms with Gasteiger partial charge in [0.25, 0.3) is 11.2 Å². The summed E-state index contributed by atoms with van der Waals surface area (Å²) in [5.41, 5.74) is 0.0891. The van der Waals surface area contributed by atoms with E-state index in [0.717, 1.165) is 0 Å². The third kappa shape index (κ3) is 1.89. The van der Waals surface area contributed by atoms with Gasteiger partial charge in [0.15, 0.2) is 5.16 Å². The van der Waals surface area contributed by atoms with E-state index in [1.807, 2.05) is 0 Å². The van der Waals surface area contributed by atoms with E-state index in [9.17, 15) is 14.9 Å². The average Bonchev–Trinajstić information content (AvgIpc) is 2.33. The molecule has 0 amide bonds. The van der Waals surface area contributed by atoms with Crippen LogP contribution >= 0.6 is 11.8 Å². The van der Waals surface area contributed by atoms with Gasteiger partial charge in [-0.15, -0.1) is 0 Å². The lowest BCUT2D eigenvalue weighted by Crippen LogP contribution is -2.19. The number of rotatable bonds is 2. The van der Waals surface area contributed by atoms with E-state index >= 15 is 0 Å². The minimum atomic E-state index is -0.503. The smallest absolute Gasteiger partial charge is 0.271 e. The third-order valence-corrected chi connectivity index (χ3v) is 3.14. The number of non-ortho nitro benzene ring substituents is 1. The maximum absolute atomic E-state index is 11.9. The van der Waals surface area contributed by atoms with Gasteiger partial charge < -0.3 is 0 Å². The van der Waals surface area contributed by atoms with E-state index < -0.39 is 4.92 Å². The lowest BCUT2D eigenvalue weighted by molar-refractivity contribution is -0.384. The van der Waals surface area contributed by atoms with Crippen LogP contribution in [-0.4, -0.2) is 20.7 Å². The number of hydrogen-bond acceptors (Lipinski definition) is 5. The van der Waals surface area contributed by atoms with E-state index in [4.69, 9.17) is 0 Å². The lowest BCUT2D eigenvalue weighted by Gasteiger charge is -2.05. The summed E-state index contributed by atoms with van der Waals surface area (Å²) in [4.78, 5) is 26.3. The molecule has 0 bridgehead atoms. The van der Waals surface area contributed by atoms with Crippen molar-refractivity contribution in [3.05, 3.63) is 38.7 Å². The van der Waals surface area contributed by atoms with E-state index in [0.29, 0.717) is 16.1 Å². The molecule has 0 aliphatic carbocycles. The first kappa shape index (κ1) is 11.6. The Hall–Kier alpha value is -1.89. The standard InChI is InChI=1S/C10H9N3O3S/c1-12-9(14)7-4-3-6(13(15)16)5-8(7)11-10(12)17-2/h3-5H,1-2H3. The maximum atomic E-state index is 11.9. The molecule has 88 valence electrons. The molecule has 1 heterocycles. The van der Waals surface area contributed by atoms with E-state index in [1.54, 1.807) is 13.3 Å². The van der Waals surface area contributed by atoms with Crippen LogP contribution in [-0.2, 0) is 7.05 Å². The zero-order chi connectivity index (χ0) is 12.6. The number of nitro benzene ring substituents is 1. The van der Waals surface area contributed by atoms with Crippen molar-refractivity contribution >= 4 is 28.4 Å². The Morgan fingerprint density at radius 3 is 2.76 bits per heavy atom. The van der Waals surface area contributed by atoms with Crippen LogP contribution in [0, 0.1) is 10.1 Å². The predicted octanol–water partition coefficient (Wildman–Crippen LogP) is 1.56. The molecule has 6 nitrogen and oxygen atoms in total. The quantitative estimate of drug-likeness (QED) is 0.350. The van der Waals surface area contributed by atoms with Crippen molar-refractivity contribution in [3.8, 4) is 0 Å². The SMILES string of the molecule is CSc1nc2cc([N+](=O)[O-])ccc2c(=O)n1C. The van der Waals surface area contributed by atoms with Crippen LogP contribution in [0.15, 0.2) is 28.2 Å². The molecule has 0 aliphatic heterocycles. The molecule has 7 heteroatoms. The third-order valence-electron chi connectivity index (χ3n) is 2.41. The monoisotopic (exact) mass is 251 g/mol. The summed E-state index contributed by atoms with van der Waals surface area (Å²) < 4.78 is 1.43. The maximum Gasteiger partial charge on any atom is 0.271 e. The van der Waals surface area contributed by atoms with Gasteiger partial charge in [0.2, 0.25) is 0 Å². The second kappa shape index (κ2) is 4.17. The highest BCUT2D eigenvalue weighted by atomic mass is 32.2. The van der Waals surface area contributed by atoms with Crippen molar-refractivity contribution in [2.24, 2.45) is 7.05 Å². The zero-order valence-electron chi connectivity index (χ0n) is 9.21. The Bertz CT molecular complexity index is 666. The van der Waals surface area contributed by atoms with Crippen LogP contribution in [0.2, 0.25) is 0 Å². The molecule has 0 fully saturated rings. The summed E-state index contributed by atoms with van der Waals surface area (Å²) in [5.74, 6) is 0. The highest BCUT2D eigenvalue weighted by Crippen LogP contribution is 2.19. The molecule has 17 heavy (non-hydrogen) atoms. The second-order valence-corrected chi connectivity index (χ2v) is 4.19. The van der Waals surface area contributed by atoms with Gasteiger partial charge in [0.05, 0.1) is 15.8 Å². The molecule has 0 saturated carbocycles. The summed E-state index contributed by atoms with van der Waals surface area (Å²) >= 11 is 1.32. The number of benzene rings is 1. The van der Waals surface area contributed by atoms with Crippen LogP contribution in [0.5, 0.6) is 0 Å². The number of fused-ring (bicyclic) bond motifs is 1. The van der Waals surface area contributed by atoms with Crippen molar-refractivity contribution in [2.45, 2.75) is 5.16 Å². The first-order valence-corrected chi connectivity index (χ1v) is 5.96. The molecular weight excluding hydrogens is 242 g/mol. The number of hydrogen-bond donors (Lipinski definition) is 0. The van der Waals surface area contributed by atoms with Gasteiger partial charge in [-0.25, -0.2) is 4.98 Å². The Balaban J connectivity index is 2.83. The Labute approximate surface area is 100 Å². The Kier molecular flexibility index (Phi) is 2.84. The summed E-state index contributed by atoms with van der Waals surface area (Å²) in [7, 11) is 1.63. The highest BCUT2D eigenvalue weighted by molar-refractivity contribution is 7.98. The van der Waals surface area contributed by atoms with Gasteiger partial charge in [-0.05, 0) is 12.3 Å². The van der Waals surface area contributed by atoms with Gasteiger partial charge in [-0.1, -0.05) is 11.8 Å². The normalized spacial score (nSPS) is 10.7. The van der Waals surface area contributed by atoms with Crippen molar-refractivity contribution in [3.63, 3.8) is 0 Å². The molecule has 0 unspecified atom stereocenters. The largest absolute Gasteiger partial charge is 0.290 e. The Morgan fingerprint density at radius 2 is 2.18 bits per heavy atom. The molecule has 0 N–H and O–H groups in total. The fourth-order valence-corrected chi connectivity index (χ4v) is 2.08. The van der Waals surface area contributed by atoms with Crippen LogP contribution in [0.4, 0.5) is 5.69 Å². The van der Waals surface area contributed by atoms with E-state index in [2.05, 4.69) is 4.98 Å². The van der Waals surface area contributed by atoms with Crippen molar-refractivity contribution in [1.82, 2.24) is 9.55 Å². The summed E-state index contributed by atoms with van der Waals surface area (Å²) in [6.07, 6.45) is 1.80. The van der Waals surface area contributed by atoms with Gasteiger partial charge in [0.1, 0.15) is 0 Å². The summed E-state index contributed by atoms with van der Waals surface area (Å²) in [6, 6.07) is 4.06. The van der Waals surface area contributed by atoms with E-state index in [-0.39, 0.29) is 11.2 Å². The fourth-order valence-electron chi connectivity index (χ4n) is 1.54. The van der Waals surface area contributed by atoms with Crippen molar-refractivity contribution in [2.75, 3.05) is 6.26 Å². The highest BCUT2D eigenvalue weighted by Gasteiger charge is 2.11. The molecule has 0 aliphatic rings. The topological polar surface area (TPSA) is 78.0 Å². The number of nitrogens with zero attached hydrogens (tertiary/aromatic N) is 3. The molecule has 1 aromatic carbocycles. The summed E-state index contributed by atoms with van der Waals surface area (Å²) in [6.45, 7) is 0. The molecule has 2 aromatic rings. The zero-order valence-corrected chi connectivity index (χ0v) is 10.0. The first-order chi connectivity index (χ1) is 8.04. The van der Waals surface area contributed by atoms with Crippen LogP contribution in [0.1, 0.15) is 0 Å². The van der Waals surface area contributed by atoms with Crippen molar-refractivity contribution in [1.29, 1.82) is 0 Å². The van der Waals surface area contributed by atoms with Gasteiger partial charge in [-0.3, -0.25) is 19.5 Å². The van der Waals surface area contributed by atoms with Crippen LogP contribution in [0.25, 0.3) is 10.9 Å². The first-order valence-electron chi connectivity index (χ1n) is 4.73. The minimum Gasteiger partial charge on any atom is -0.290 e. The molecule has 0 spiro atoms. The second-order valence-electron chi connectivity index (χ2n) is 3.42. The Morgan fingerprint density at radius 1 is 1.47 bits per heavy atom. The van der Waals surface area contributed by atoms with Gasteiger partial charge in [0, 0.05) is 19.2 Å². The fraction of sp³-hybridized carbons (Fsp3) is 0.200. The summed E-state index contributed by atoms with van der Waals surface area (Å²) in [5, 5.41) is 11.6. The molecule has 0 saturated heterocycles. The number of thioether (sulfide) groups is 1. The lowest BCUT2D eigenvalue weighted by atomic mass is 10.2. The molecular formula is C10H9N3O3S. The molecule has 1 aromatic heterocycles. The predicted molar refractivity (Wildman–Crippen MR) is 65.4 cm³/mol. The number of nitro groups is 1. The van der Waals surface area contributed by atoms with Crippen LogP contribution < -0.4 is 5.56 Å². The molecule has 2 rings (SSSR count).